The van der Waals surface area contributed by atoms with Gasteiger partial charge in [0, 0.05) is 13.0 Å². The molecule has 0 aromatic heterocycles. The Labute approximate surface area is 222 Å². The molecule has 6 unspecified atom stereocenters. The van der Waals surface area contributed by atoms with Gasteiger partial charge in [-0.25, -0.2) is 4.79 Å². The van der Waals surface area contributed by atoms with E-state index in [1.165, 1.54) is 6.92 Å². The van der Waals surface area contributed by atoms with Gasteiger partial charge in [0.15, 0.2) is 5.96 Å². The van der Waals surface area contributed by atoms with Crippen LogP contribution in [0.15, 0.2) is 35.3 Å². The maximum absolute atomic E-state index is 13.1. The fraction of sp³-hybridized carbons (Fsp3) is 0.560. The number of amides is 3. The largest absolute Gasteiger partial charge is 0.480 e. The lowest BCUT2D eigenvalue weighted by molar-refractivity contribution is -0.142. The summed E-state index contributed by atoms with van der Waals surface area (Å²) in [5.74, 6) is -3.76. The average Bonchev–Trinajstić information content (AvgIpc) is 2.87. The van der Waals surface area contributed by atoms with Crippen LogP contribution in [-0.2, 0) is 25.6 Å². The van der Waals surface area contributed by atoms with Crippen molar-refractivity contribution in [2.45, 2.75) is 76.7 Å². The van der Waals surface area contributed by atoms with Gasteiger partial charge in [0.25, 0.3) is 0 Å². The van der Waals surface area contributed by atoms with E-state index in [2.05, 4.69) is 20.9 Å². The van der Waals surface area contributed by atoms with Crippen LogP contribution in [0, 0.1) is 5.92 Å². The van der Waals surface area contributed by atoms with Gasteiger partial charge in [-0.05, 0) is 31.2 Å². The molecule has 3 amide bonds. The highest BCUT2D eigenvalue weighted by atomic mass is 16.4. The van der Waals surface area contributed by atoms with Crippen molar-refractivity contribution in [2.24, 2.45) is 28.1 Å². The zero-order valence-electron chi connectivity index (χ0n) is 22.1. The van der Waals surface area contributed by atoms with Gasteiger partial charge in [-0.1, -0.05) is 50.6 Å². The molecule has 0 spiro atoms. The Kier molecular flexibility index (Phi) is 13.8. The number of aliphatic hydroxyl groups is 1. The number of carbonyl (C=O) groups is 4. The van der Waals surface area contributed by atoms with Crippen LogP contribution in [0.1, 0.15) is 45.6 Å². The molecule has 0 bridgehead atoms. The second kappa shape index (κ2) is 16.2. The molecule has 0 heterocycles. The molecule has 0 radical (unpaired) electrons. The van der Waals surface area contributed by atoms with Gasteiger partial charge in [0.1, 0.15) is 18.1 Å². The van der Waals surface area contributed by atoms with Crippen molar-refractivity contribution in [3.63, 3.8) is 0 Å². The summed E-state index contributed by atoms with van der Waals surface area (Å²) < 4.78 is 0. The van der Waals surface area contributed by atoms with Crippen LogP contribution in [0.3, 0.4) is 0 Å². The van der Waals surface area contributed by atoms with E-state index >= 15 is 0 Å². The Balaban J connectivity index is 3.05. The molecule has 0 aliphatic heterocycles. The van der Waals surface area contributed by atoms with Gasteiger partial charge in [-0.15, -0.1) is 0 Å². The molecule has 38 heavy (non-hydrogen) atoms. The van der Waals surface area contributed by atoms with E-state index in [0.29, 0.717) is 12.0 Å². The fourth-order valence-corrected chi connectivity index (χ4v) is 3.52. The number of hydrogen-bond acceptors (Lipinski definition) is 7. The van der Waals surface area contributed by atoms with E-state index in [1.807, 2.05) is 6.92 Å². The summed E-state index contributed by atoms with van der Waals surface area (Å²) >= 11 is 0. The van der Waals surface area contributed by atoms with Gasteiger partial charge in [-0.2, -0.15) is 0 Å². The Bertz CT molecular complexity index is 953. The highest BCUT2D eigenvalue weighted by molar-refractivity contribution is 5.94. The van der Waals surface area contributed by atoms with Crippen molar-refractivity contribution in [2.75, 3.05) is 6.54 Å². The van der Waals surface area contributed by atoms with E-state index in [-0.39, 0.29) is 37.7 Å². The van der Waals surface area contributed by atoms with Crippen LogP contribution in [0.4, 0.5) is 0 Å². The first-order chi connectivity index (χ1) is 17.9. The summed E-state index contributed by atoms with van der Waals surface area (Å²) in [6.45, 7) is 5.12. The quantitative estimate of drug-likeness (QED) is 0.0703. The molecule has 0 fully saturated rings. The number of carbonyl (C=O) groups excluding carboxylic acids is 3. The van der Waals surface area contributed by atoms with Crippen molar-refractivity contribution in [1.29, 1.82) is 0 Å². The number of nitrogens with two attached hydrogens (primary N) is 3. The molecule has 1 aromatic carbocycles. The molecule has 6 atom stereocenters. The number of hydrogen-bond donors (Lipinski definition) is 8. The number of aliphatic imine (C=N–C) groups is 1. The fourth-order valence-electron chi connectivity index (χ4n) is 3.52. The van der Waals surface area contributed by atoms with Crippen molar-refractivity contribution in [3.8, 4) is 0 Å². The molecule has 13 nitrogen and oxygen atoms in total. The number of rotatable bonds is 16. The van der Waals surface area contributed by atoms with Crippen molar-refractivity contribution in [3.05, 3.63) is 35.9 Å². The van der Waals surface area contributed by atoms with E-state index in [1.54, 1.807) is 37.3 Å². The molecule has 0 saturated carbocycles. The van der Waals surface area contributed by atoms with Crippen LogP contribution >= 0.6 is 0 Å². The number of nitrogens with one attached hydrogen (secondary N) is 3. The topological polar surface area (TPSA) is 235 Å². The van der Waals surface area contributed by atoms with Crippen molar-refractivity contribution >= 4 is 29.7 Å². The molecule has 0 saturated heterocycles. The lowest BCUT2D eigenvalue weighted by atomic mass is 9.98. The zero-order valence-corrected chi connectivity index (χ0v) is 22.1. The number of aliphatic carboxylic acids is 1. The second-order valence-electron chi connectivity index (χ2n) is 9.24. The molecular formula is C25H41N7O6. The lowest BCUT2D eigenvalue weighted by Gasteiger charge is -2.27. The first kappa shape index (κ1) is 32.3. The van der Waals surface area contributed by atoms with Gasteiger partial charge in [0.05, 0.1) is 12.1 Å². The third-order valence-corrected chi connectivity index (χ3v) is 6.10. The van der Waals surface area contributed by atoms with E-state index in [9.17, 15) is 29.4 Å². The Hall–Kier alpha value is -3.71. The number of aliphatic hydroxyl groups excluding tert-OH is 1. The Morgan fingerprint density at radius 1 is 0.947 bits per heavy atom. The molecule has 1 rings (SSSR count). The first-order valence-electron chi connectivity index (χ1n) is 12.5. The molecular weight excluding hydrogens is 494 g/mol. The van der Waals surface area contributed by atoms with Gasteiger partial charge in [-0.3, -0.25) is 19.4 Å². The highest BCUT2D eigenvalue weighted by Crippen LogP contribution is 2.08. The number of carboxylic acids is 1. The zero-order chi connectivity index (χ0) is 28.8. The lowest BCUT2D eigenvalue weighted by Crippen LogP contribution is -2.60. The predicted molar refractivity (Wildman–Crippen MR) is 143 cm³/mol. The monoisotopic (exact) mass is 535 g/mol. The maximum atomic E-state index is 13.1. The Morgan fingerprint density at radius 2 is 1.55 bits per heavy atom. The summed E-state index contributed by atoms with van der Waals surface area (Å²) in [4.78, 5) is 54.4. The summed E-state index contributed by atoms with van der Waals surface area (Å²) in [5.41, 5.74) is 17.3. The summed E-state index contributed by atoms with van der Waals surface area (Å²) in [5, 5.41) is 27.3. The minimum Gasteiger partial charge on any atom is -0.480 e. The van der Waals surface area contributed by atoms with E-state index < -0.39 is 54.0 Å². The van der Waals surface area contributed by atoms with Crippen LogP contribution in [0.5, 0.6) is 0 Å². The standard InChI is InChI=1S/C25H41N7O6/c1-4-14(2)19(26)22(35)32-20(15(3)33)23(36)30-17(11-8-12-29-25(27)28)21(34)31-18(24(37)38)13-16-9-6-5-7-10-16/h5-7,9-10,14-15,17-20,33H,4,8,11-13,26H2,1-3H3,(H,30,36)(H,31,34)(H,32,35)(H,37,38)(H4,27,28,29). The third kappa shape index (κ3) is 11.1. The van der Waals surface area contributed by atoms with Crippen LogP contribution in [-0.4, -0.2) is 76.7 Å². The minimum absolute atomic E-state index is 0.0242. The number of guanidine groups is 1. The van der Waals surface area contributed by atoms with Gasteiger partial charge < -0.3 is 43.4 Å². The van der Waals surface area contributed by atoms with E-state index in [4.69, 9.17) is 17.2 Å². The minimum atomic E-state index is -1.40. The predicted octanol–water partition coefficient (Wildman–Crippen LogP) is -1.42. The second-order valence-corrected chi connectivity index (χ2v) is 9.24. The molecule has 212 valence electrons. The van der Waals surface area contributed by atoms with Crippen LogP contribution in [0.25, 0.3) is 0 Å². The molecule has 0 aliphatic rings. The number of benzene rings is 1. The number of carboxylic acid groups (broad SMARTS) is 1. The number of nitrogens with zero attached hydrogens (tertiary/aromatic N) is 1. The third-order valence-electron chi connectivity index (χ3n) is 6.10. The van der Waals surface area contributed by atoms with Crippen molar-refractivity contribution in [1.82, 2.24) is 16.0 Å². The van der Waals surface area contributed by atoms with Crippen molar-refractivity contribution < 1.29 is 29.4 Å². The summed E-state index contributed by atoms with van der Waals surface area (Å²) in [6.07, 6.45) is -0.323. The van der Waals surface area contributed by atoms with Gasteiger partial charge >= 0.3 is 5.97 Å². The Morgan fingerprint density at radius 3 is 2.08 bits per heavy atom. The smallest absolute Gasteiger partial charge is 0.326 e. The highest BCUT2D eigenvalue weighted by Gasteiger charge is 2.33. The van der Waals surface area contributed by atoms with Gasteiger partial charge in [0.2, 0.25) is 17.7 Å². The maximum Gasteiger partial charge on any atom is 0.326 e. The normalized spacial score (nSPS) is 15.6. The molecule has 0 aliphatic carbocycles. The molecule has 1 aromatic rings. The summed E-state index contributed by atoms with van der Waals surface area (Å²) in [7, 11) is 0. The van der Waals surface area contributed by atoms with Crippen LogP contribution in [0.2, 0.25) is 0 Å². The summed E-state index contributed by atoms with van der Waals surface area (Å²) in [6, 6.07) is 3.99. The van der Waals surface area contributed by atoms with Crippen LogP contribution < -0.4 is 33.2 Å². The van der Waals surface area contributed by atoms with E-state index in [0.717, 1.165) is 0 Å². The molecule has 13 heteroatoms. The molecule has 11 N–H and O–H groups in total. The average molecular weight is 536 g/mol. The SMILES string of the molecule is CCC(C)C(N)C(=O)NC(C(=O)NC(CCCN=C(N)N)C(=O)NC(Cc1ccccc1)C(=O)O)C(C)O. The first-order valence-corrected chi connectivity index (χ1v) is 12.5.